The lowest BCUT2D eigenvalue weighted by atomic mass is 10.1. The predicted molar refractivity (Wildman–Crippen MR) is 66.9 cm³/mol. The molecule has 2 aromatic carbocycles. The van der Waals surface area contributed by atoms with Crippen LogP contribution in [0.15, 0.2) is 35.2 Å². The fourth-order valence-corrected chi connectivity index (χ4v) is 2.73. The molecule has 0 aliphatic heterocycles. The molecule has 0 bridgehead atoms. The van der Waals surface area contributed by atoms with Crippen molar-refractivity contribution < 1.29 is 22.4 Å². The second-order valence-corrected chi connectivity index (χ2v) is 4.99. The molecule has 0 aromatic heterocycles. The molecule has 0 radical (unpaired) electrons. The zero-order valence-corrected chi connectivity index (χ0v) is 10.7. The van der Waals surface area contributed by atoms with E-state index in [1.165, 1.54) is 20.3 Å². The highest BCUT2D eigenvalue weighted by Gasteiger charge is 2.22. The predicted octanol–water partition coefficient (Wildman–Crippen LogP) is 2.10. The van der Waals surface area contributed by atoms with Crippen molar-refractivity contribution in [2.75, 3.05) is 14.2 Å². The largest absolute Gasteiger partial charge is 0.496 e. The summed E-state index contributed by atoms with van der Waals surface area (Å²) in [6.45, 7) is 0. The molecule has 0 saturated carbocycles. The standard InChI is InChI=1S/C12H12O5S/c1-16-10-7-11(17-2)12(18(13,14)15)9-6-4-3-5-8(9)10/h3-7H,1-2H3,(H,13,14,15). The molecule has 0 spiro atoms. The summed E-state index contributed by atoms with van der Waals surface area (Å²) in [5.74, 6) is 0.530. The Bertz CT molecular complexity index is 691. The molecule has 0 atom stereocenters. The van der Waals surface area contributed by atoms with Crippen LogP contribution >= 0.6 is 0 Å². The van der Waals surface area contributed by atoms with Crippen LogP contribution in [0.4, 0.5) is 0 Å². The molecule has 1 N–H and O–H groups in total. The Morgan fingerprint density at radius 3 is 2.06 bits per heavy atom. The maximum atomic E-state index is 11.5. The van der Waals surface area contributed by atoms with E-state index in [2.05, 4.69) is 0 Å². The first-order valence-electron chi connectivity index (χ1n) is 5.10. The lowest BCUT2D eigenvalue weighted by Gasteiger charge is -2.12. The van der Waals surface area contributed by atoms with Gasteiger partial charge in [0, 0.05) is 16.8 Å². The van der Waals surface area contributed by atoms with Crippen molar-refractivity contribution in [3.05, 3.63) is 30.3 Å². The summed E-state index contributed by atoms with van der Waals surface area (Å²) in [7, 11) is -1.57. The van der Waals surface area contributed by atoms with E-state index in [1.807, 2.05) is 0 Å². The molecule has 6 heteroatoms. The topological polar surface area (TPSA) is 72.8 Å². The fraction of sp³-hybridized carbons (Fsp3) is 0.167. The lowest BCUT2D eigenvalue weighted by Crippen LogP contribution is -2.03. The zero-order chi connectivity index (χ0) is 13.3. The van der Waals surface area contributed by atoms with Gasteiger partial charge in [0.05, 0.1) is 14.2 Å². The minimum Gasteiger partial charge on any atom is -0.496 e. The van der Waals surface area contributed by atoms with Crippen LogP contribution in [-0.2, 0) is 10.1 Å². The van der Waals surface area contributed by atoms with Crippen LogP contribution in [0.25, 0.3) is 10.8 Å². The third kappa shape index (κ3) is 2.00. The minimum absolute atomic E-state index is 0.0491. The first-order chi connectivity index (χ1) is 8.49. The summed E-state index contributed by atoms with van der Waals surface area (Å²) in [5.41, 5.74) is 0. The van der Waals surface area contributed by atoms with Gasteiger partial charge < -0.3 is 9.47 Å². The van der Waals surface area contributed by atoms with Crippen molar-refractivity contribution in [2.45, 2.75) is 4.90 Å². The Hall–Kier alpha value is -1.79. The number of benzene rings is 2. The van der Waals surface area contributed by atoms with Gasteiger partial charge in [-0.15, -0.1) is 0 Å². The third-order valence-electron chi connectivity index (χ3n) is 2.62. The van der Waals surface area contributed by atoms with E-state index in [-0.39, 0.29) is 10.6 Å². The normalized spacial score (nSPS) is 11.5. The number of methoxy groups -OCH3 is 2. The summed E-state index contributed by atoms with van der Waals surface area (Å²) in [4.78, 5) is -0.249. The van der Waals surface area contributed by atoms with Crippen molar-refractivity contribution in [2.24, 2.45) is 0 Å². The number of hydrogen-bond acceptors (Lipinski definition) is 4. The van der Waals surface area contributed by atoms with E-state index < -0.39 is 10.1 Å². The number of rotatable bonds is 3. The van der Waals surface area contributed by atoms with E-state index in [9.17, 15) is 13.0 Å². The van der Waals surface area contributed by atoms with Crippen LogP contribution in [-0.4, -0.2) is 27.2 Å². The van der Waals surface area contributed by atoms with Crippen LogP contribution in [0.3, 0.4) is 0 Å². The number of fused-ring (bicyclic) bond motifs is 1. The van der Waals surface area contributed by atoms with Crippen molar-refractivity contribution in [3.63, 3.8) is 0 Å². The summed E-state index contributed by atoms with van der Waals surface area (Å²) in [6.07, 6.45) is 0. The Balaban J connectivity index is 3.00. The Labute approximate surface area is 105 Å². The molecule has 0 heterocycles. The molecule has 2 rings (SSSR count). The lowest BCUT2D eigenvalue weighted by molar-refractivity contribution is 0.387. The molecule has 0 aliphatic carbocycles. The summed E-state index contributed by atoms with van der Waals surface area (Å²) < 4.78 is 42.4. The smallest absolute Gasteiger partial charge is 0.298 e. The molecule has 0 unspecified atom stereocenters. The van der Waals surface area contributed by atoms with Crippen molar-refractivity contribution in [3.8, 4) is 11.5 Å². The highest BCUT2D eigenvalue weighted by molar-refractivity contribution is 7.86. The summed E-state index contributed by atoms with van der Waals surface area (Å²) in [5, 5.41) is 0.949. The van der Waals surface area contributed by atoms with Gasteiger partial charge in [0.1, 0.15) is 16.4 Å². The van der Waals surface area contributed by atoms with E-state index in [0.717, 1.165) is 0 Å². The maximum absolute atomic E-state index is 11.5. The first-order valence-corrected chi connectivity index (χ1v) is 6.54. The fourth-order valence-electron chi connectivity index (χ4n) is 1.88. The van der Waals surface area contributed by atoms with Gasteiger partial charge in [-0.3, -0.25) is 4.55 Å². The van der Waals surface area contributed by atoms with Gasteiger partial charge in [-0.05, 0) is 0 Å². The molecule has 5 nitrogen and oxygen atoms in total. The van der Waals surface area contributed by atoms with Gasteiger partial charge in [0.2, 0.25) is 0 Å². The molecular formula is C12H12O5S. The van der Waals surface area contributed by atoms with Crippen molar-refractivity contribution in [1.29, 1.82) is 0 Å². The quantitative estimate of drug-likeness (QED) is 0.863. The van der Waals surface area contributed by atoms with Gasteiger partial charge in [-0.1, -0.05) is 24.3 Å². The van der Waals surface area contributed by atoms with Crippen LogP contribution in [0, 0.1) is 0 Å². The van der Waals surface area contributed by atoms with Gasteiger partial charge in [-0.25, -0.2) is 0 Å². The van der Waals surface area contributed by atoms with E-state index in [4.69, 9.17) is 9.47 Å². The summed E-state index contributed by atoms with van der Waals surface area (Å²) in [6, 6.07) is 8.16. The molecule has 0 saturated heterocycles. The Morgan fingerprint density at radius 2 is 1.56 bits per heavy atom. The van der Waals surface area contributed by atoms with Gasteiger partial charge >= 0.3 is 0 Å². The summed E-state index contributed by atoms with van der Waals surface area (Å²) >= 11 is 0. The second kappa shape index (κ2) is 4.47. The number of hydrogen-bond donors (Lipinski definition) is 1. The molecule has 0 aliphatic rings. The van der Waals surface area contributed by atoms with Crippen LogP contribution in [0.5, 0.6) is 11.5 Å². The maximum Gasteiger partial charge on any atom is 0.298 e. The Kier molecular flexibility index (Phi) is 3.14. The SMILES string of the molecule is COc1cc(OC)c2ccccc2c1S(=O)(=O)O. The molecule has 0 amide bonds. The van der Waals surface area contributed by atoms with Crippen molar-refractivity contribution >= 4 is 20.9 Å². The highest BCUT2D eigenvalue weighted by Crippen LogP contribution is 2.38. The zero-order valence-electron chi connectivity index (χ0n) is 9.88. The van der Waals surface area contributed by atoms with Crippen molar-refractivity contribution in [1.82, 2.24) is 0 Å². The molecule has 96 valence electrons. The van der Waals surface area contributed by atoms with Crippen LogP contribution < -0.4 is 9.47 Å². The van der Waals surface area contributed by atoms with Gasteiger partial charge in [0.25, 0.3) is 10.1 Å². The second-order valence-electron chi connectivity index (χ2n) is 3.63. The van der Waals surface area contributed by atoms with Gasteiger partial charge in [0.15, 0.2) is 0 Å². The van der Waals surface area contributed by atoms with E-state index in [0.29, 0.717) is 16.5 Å². The highest BCUT2D eigenvalue weighted by atomic mass is 32.2. The average Bonchev–Trinajstić information content (AvgIpc) is 2.35. The molecule has 2 aromatic rings. The third-order valence-corrected chi connectivity index (χ3v) is 3.56. The Morgan fingerprint density at radius 1 is 1.00 bits per heavy atom. The van der Waals surface area contributed by atoms with Gasteiger partial charge in [-0.2, -0.15) is 8.42 Å². The average molecular weight is 268 g/mol. The number of ether oxygens (including phenoxy) is 2. The minimum atomic E-state index is -4.38. The molecular weight excluding hydrogens is 256 g/mol. The molecule has 18 heavy (non-hydrogen) atoms. The first kappa shape index (κ1) is 12.7. The van der Waals surface area contributed by atoms with Crippen LogP contribution in [0.1, 0.15) is 0 Å². The van der Waals surface area contributed by atoms with E-state index >= 15 is 0 Å². The molecule has 0 fully saturated rings. The van der Waals surface area contributed by atoms with E-state index in [1.54, 1.807) is 24.3 Å². The monoisotopic (exact) mass is 268 g/mol. The van der Waals surface area contributed by atoms with Crippen LogP contribution in [0.2, 0.25) is 0 Å².